The summed E-state index contributed by atoms with van der Waals surface area (Å²) in [5, 5.41) is 19.7. The number of nitriles is 1. The summed E-state index contributed by atoms with van der Waals surface area (Å²) in [6.45, 7) is 1.99. The molecule has 2 aromatic rings. The molecular weight excluding hydrogens is 260 g/mol. The van der Waals surface area contributed by atoms with Gasteiger partial charge in [0.2, 0.25) is 0 Å². The molecule has 19 heavy (non-hydrogen) atoms. The molecule has 2 aromatic carbocycles. The molecule has 0 radical (unpaired) electrons. The van der Waals surface area contributed by atoms with E-state index >= 15 is 0 Å². The summed E-state index contributed by atoms with van der Waals surface area (Å²) < 4.78 is 0. The van der Waals surface area contributed by atoms with E-state index in [1.54, 1.807) is 6.07 Å². The number of nitrogens with zero attached hydrogens (tertiary/aromatic N) is 2. The van der Waals surface area contributed by atoms with Crippen LogP contribution in [0.15, 0.2) is 52.3 Å². The lowest BCUT2D eigenvalue weighted by atomic mass is 10.2. The summed E-state index contributed by atoms with van der Waals surface area (Å²) in [6.07, 6.45) is 0. The molecule has 0 bridgehead atoms. The molecule has 0 amide bonds. The molecule has 0 saturated carbocycles. The Morgan fingerprint density at radius 1 is 1.26 bits per heavy atom. The molecule has 0 spiro atoms. The van der Waals surface area contributed by atoms with E-state index in [0.29, 0.717) is 0 Å². The Bertz CT molecular complexity index is 677. The lowest BCUT2D eigenvalue weighted by Crippen LogP contribution is -1.92. The van der Waals surface area contributed by atoms with Crippen molar-refractivity contribution < 1.29 is 4.92 Å². The van der Waals surface area contributed by atoms with E-state index in [1.165, 1.54) is 23.9 Å². The highest BCUT2D eigenvalue weighted by Crippen LogP contribution is 2.33. The first-order valence-electron chi connectivity index (χ1n) is 5.54. The van der Waals surface area contributed by atoms with Crippen LogP contribution < -0.4 is 0 Å². The van der Waals surface area contributed by atoms with Gasteiger partial charge in [0.25, 0.3) is 5.69 Å². The highest BCUT2D eigenvalue weighted by Gasteiger charge is 2.14. The molecule has 0 aliphatic heterocycles. The largest absolute Gasteiger partial charge is 0.288 e. The molecule has 0 aromatic heterocycles. The first kappa shape index (κ1) is 13.1. The van der Waals surface area contributed by atoms with Gasteiger partial charge in [-0.15, -0.1) is 0 Å². The highest BCUT2D eigenvalue weighted by molar-refractivity contribution is 7.99. The van der Waals surface area contributed by atoms with Crippen molar-refractivity contribution in [3.8, 4) is 6.07 Å². The second-order valence-corrected chi connectivity index (χ2v) is 5.03. The number of nitro benzene ring substituents is 1. The highest BCUT2D eigenvalue weighted by atomic mass is 32.2. The van der Waals surface area contributed by atoms with Gasteiger partial charge in [-0.25, -0.2) is 0 Å². The monoisotopic (exact) mass is 270 g/mol. The Morgan fingerprint density at radius 2 is 2.00 bits per heavy atom. The molecule has 0 aliphatic carbocycles. The van der Waals surface area contributed by atoms with E-state index in [0.717, 1.165) is 15.4 Å². The number of nitro groups is 1. The van der Waals surface area contributed by atoms with Gasteiger partial charge in [-0.3, -0.25) is 10.1 Å². The third-order valence-electron chi connectivity index (χ3n) is 2.61. The third kappa shape index (κ3) is 2.92. The quantitative estimate of drug-likeness (QED) is 0.626. The number of hydrogen-bond donors (Lipinski definition) is 0. The first-order valence-corrected chi connectivity index (χ1v) is 6.35. The van der Waals surface area contributed by atoms with Crippen molar-refractivity contribution in [2.75, 3.05) is 0 Å². The van der Waals surface area contributed by atoms with E-state index in [9.17, 15) is 10.1 Å². The molecule has 0 aliphatic rings. The van der Waals surface area contributed by atoms with E-state index in [2.05, 4.69) is 0 Å². The van der Waals surface area contributed by atoms with Crippen LogP contribution in [-0.2, 0) is 0 Å². The van der Waals surface area contributed by atoms with Gasteiger partial charge in [0, 0.05) is 15.9 Å². The third-order valence-corrected chi connectivity index (χ3v) is 3.78. The van der Waals surface area contributed by atoms with Gasteiger partial charge in [0.15, 0.2) is 0 Å². The Kier molecular flexibility index (Phi) is 3.83. The zero-order valence-electron chi connectivity index (χ0n) is 10.2. The first-order chi connectivity index (χ1) is 9.11. The number of aryl methyl sites for hydroxylation is 1. The van der Waals surface area contributed by atoms with Crippen LogP contribution in [0.25, 0.3) is 0 Å². The van der Waals surface area contributed by atoms with E-state index in [4.69, 9.17) is 5.26 Å². The van der Waals surface area contributed by atoms with Crippen molar-refractivity contribution in [1.82, 2.24) is 0 Å². The fourth-order valence-electron chi connectivity index (χ4n) is 1.62. The van der Waals surface area contributed by atoms with E-state index < -0.39 is 4.92 Å². The van der Waals surface area contributed by atoms with Crippen LogP contribution in [0, 0.1) is 28.4 Å². The average Bonchev–Trinajstić information content (AvgIpc) is 2.41. The zero-order valence-corrected chi connectivity index (χ0v) is 11.0. The van der Waals surface area contributed by atoms with Crippen molar-refractivity contribution in [2.24, 2.45) is 0 Å². The average molecular weight is 270 g/mol. The Balaban J connectivity index is 2.38. The lowest BCUT2D eigenvalue weighted by Gasteiger charge is -2.05. The number of hydrogen-bond acceptors (Lipinski definition) is 4. The summed E-state index contributed by atoms with van der Waals surface area (Å²) in [4.78, 5) is 12.2. The van der Waals surface area contributed by atoms with Crippen LogP contribution in [0.2, 0.25) is 0 Å². The number of rotatable bonds is 3. The van der Waals surface area contributed by atoms with Crippen LogP contribution >= 0.6 is 11.8 Å². The van der Waals surface area contributed by atoms with Crippen LogP contribution in [-0.4, -0.2) is 4.92 Å². The van der Waals surface area contributed by atoms with Crippen molar-refractivity contribution in [2.45, 2.75) is 16.7 Å². The van der Waals surface area contributed by atoms with E-state index in [1.807, 2.05) is 37.3 Å². The summed E-state index contributed by atoms with van der Waals surface area (Å²) in [5.74, 6) is 0. The van der Waals surface area contributed by atoms with Gasteiger partial charge in [-0.05, 0) is 30.7 Å². The molecule has 5 heteroatoms. The molecule has 0 atom stereocenters. The smallest absolute Gasteiger partial charge is 0.258 e. The Labute approximate surface area is 114 Å². The van der Waals surface area contributed by atoms with Gasteiger partial charge < -0.3 is 0 Å². The summed E-state index contributed by atoms with van der Waals surface area (Å²) in [5.41, 5.74) is 1.04. The predicted octanol–water partition coefficient (Wildman–Crippen LogP) is 3.93. The van der Waals surface area contributed by atoms with Crippen LogP contribution in [0.5, 0.6) is 0 Å². The topological polar surface area (TPSA) is 66.9 Å². The van der Waals surface area contributed by atoms with Crippen molar-refractivity contribution >= 4 is 17.4 Å². The maximum absolute atomic E-state index is 10.9. The lowest BCUT2D eigenvalue weighted by molar-refractivity contribution is -0.385. The molecule has 0 heterocycles. The minimum Gasteiger partial charge on any atom is -0.258 e. The minimum atomic E-state index is -0.527. The Morgan fingerprint density at radius 3 is 2.63 bits per heavy atom. The van der Waals surface area contributed by atoms with Gasteiger partial charge >= 0.3 is 0 Å². The predicted molar refractivity (Wildman–Crippen MR) is 73.1 cm³/mol. The van der Waals surface area contributed by atoms with Crippen LogP contribution in [0.3, 0.4) is 0 Å². The molecule has 2 rings (SSSR count). The van der Waals surface area contributed by atoms with Crippen molar-refractivity contribution in [3.63, 3.8) is 0 Å². The number of benzene rings is 2. The van der Waals surface area contributed by atoms with Crippen molar-refractivity contribution in [3.05, 3.63) is 63.7 Å². The standard InChI is InChI=1S/C14H10N2O2S/c1-10-4-2-3-5-14(10)19-12-7-6-11(9-15)13(8-12)16(17)18/h2-8H,1H3. The molecule has 0 saturated heterocycles. The van der Waals surface area contributed by atoms with Gasteiger partial charge in [0.1, 0.15) is 11.6 Å². The summed E-state index contributed by atoms with van der Waals surface area (Å²) >= 11 is 1.45. The second-order valence-electron chi connectivity index (χ2n) is 3.92. The molecule has 0 fully saturated rings. The van der Waals surface area contributed by atoms with Gasteiger partial charge in [0.05, 0.1) is 4.92 Å². The SMILES string of the molecule is Cc1ccccc1Sc1ccc(C#N)c([N+](=O)[O-])c1. The maximum Gasteiger partial charge on any atom is 0.288 e. The maximum atomic E-state index is 10.9. The molecule has 94 valence electrons. The van der Waals surface area contributed by atoms with Crippen LogP contribution in [0.1, 0.15) is 11.1 Å². The minimum absolute atomic E-state index is 0.0825. The van der Waals surface area contributed by atoms with Gasteiger partial charge in [-0.2, -0.15) is 5.26 Å². The second kappa shape index (κ2) is 5.55. The molecule has 4 nitrogen and oxygen atoms in total. The summed E-state index contributed by atoms with van der Waals surface area (Å²) in [7, 11) is 0. The zero-order chi connectivity index (χ0) is 13.8. The molecule has 0 unspecified atom stereocenters. The molecule has 0 N–H and O–H groups in total. The van der Waals surface area contributed by atoms with Crippen LogP contribution in [0.4, 0.5) is 5.69 Å². The Hall–Kier alpha value is -2.32. The molecular formula is C14H10N2O2S. The normalized spacial score (nSPS) is 9.89. The fraction of sp³-hybridized carbons (Fsp3) is 0.0714. The van der Waals surface area contributed by atoms with Crippen molar-refractivity contribution in [1.29, 1.82) is 5.26 Å². The summed E-state index contributed by atoms with van der Waals surface area (Å²) in [6, 6.07) is 14.3. The van der Waals surface area contributed by atoms with Gasteiger partial charge in [-0.1, -0.05) is 30.0 Å². The fourth-order valence-corrected chi connectivity index (χ4v) is 2.55. The van der Waals surface area contributed by atoms with E-state index in [-0.39, 0.29) is 11.3 Å².